The largest absolute Gasteiger partial charge is 0.356 e. The summed E-state index contributed by atoms with van der Waals surface area (Å²) in [5, 5.41) is 5.61. The predicted molar refractivity (Wildman–Crippen MR) is 76.8 cm³/mol. The lowest BCUT2D eigenvalue weighted by Gasteiger charge is -2.06. The number of hydrogen-bond acceptors (Lipinski definition) is 2. The quantitative estimate of drug-likeness (QED) is 0.663. The normalized spacial score (nSPS) is 22.1. The molecule has 0 aliphatic carbocycles. The molecule has 110 valence electrons. The molecule has 2 N–H and O–H groups in total. The highest BCUT2D eigenvalue weighted by Crippen LogP contribution is 2.10. The molecule has 0 atom stereocenters. The van der Waals surface area contributed by atoms with Crippen LogP contribution in [0.4, 0.5) is 0 Å². The summed E-state index contributed by atoms with van der Waals surface area (Å²) in [5.41, 5.74) is 0. The van der Waals surface area contributed by atoms with Gasteiger partial charge in [-0.3, -0.25) is 9.59 Å². The number of carbonyl (C=O) groups is 2. The molecule has 0 bridgehead atoms. The molecule has 0 spiro atoms. The number of amides is 2. The Morgan fingerprint density at radius 3 is 1.21 bits per heavy atom. The summed E-state index contributed by atoms with van der Waals surface area (Å²) in [6, 6.07) is 0. The lowest BCUT2D eigenvalue weighted by atomic mass is 10.1. The molecule has 4 heteroatoms. The Bertz CT molecular complexity index is 241. The van der Waals surface area contributed by atoms with Crippen molar-refractivity contribution in [2.45, 2.75) is 70.6 Å². The highest BCUT2D eigenvalue weighted by Gasteiger charge is 2.08. The summed E-state index contributed by atoms with van der Waals surface area (Å²) < 4.78 is 0. The van der Waals surface area contributed by atoms with E-state index < -0.39 is 0 Å². The van der Waals surface area contributed by atoms with Gasteiger partial charge in [0.05, 0.1) is 0 Å². The number of hydrogen-bond donors (Lipinski definition) is 2. The van der Waals surface area contributed by atoms with Crippen LogP contribution in [0.15, 0.2) is 0 Å². The van der Waals surface area contributed by atoms with Gasteiger partial charge < -0.3 is 10.6 Å². The van der Waals surface area contributed by atoms with Gasteiger partial charge in [-0.1, -0.05) is 51.4 Å². The Morgan fingerprint density at radius 1 is 0.526 bits per heavy atom. The fourth-order valence-corrected chi connectivity index (χ4v) is 2.39. The van der Waals surface area contributed by atoms with E-state index in [0.717, 1.165) is 12.8 Å². The molecule has 4 nitrogen and oxygen atoms in total. The second-order valence-corrected chi connectivity index (χ2v) is 5.41. The van der Waals surface area contributed by atoms with Gasteiger partial charge in [-0.15, -0.1) is 0 Å². The molecular formula is C15H28N2O2. The predicted octanol–water partition coefficient (Wildman–Crippen LogP) is 2.52. The van der Waals surface area contributed by atoms with E-state index in [9.17, 15) is 9.59 Å². The van der Waals surface area contributed by atoms with Crippen LogP contribution in [-0.2, 0) is 9.59 Å². The first-order valence-electron chi connectivity index (χ1n) is 7.82. The van der Waals surface area contributed by atoms with Gasteiger partial charge in [0.25, 0.3) is 0 Å². The molecule has 2 amide bonds. The van der Waals surface area contributed by atoms with Crippen molar-refractivity contribution in [1.29, 1.82) is 0 Å². The van der Waals surface area contributed by atoms with Crippen molar-refractivity contribution in [2.75, 3.05) is 13.1 Å². The molecule has 1 aliphatic rings. The summed E-state index contributed by atoms with van der Waals surface area (Å²) >= 11 is 0. The van der Waals surface area contributed by atoms with Crippen LogP contribution in [0.5, 0.6) is 0 Å². The van der Waals surface area contributed by atoms with Gasteiger partial charge in [0.2, 0.25) is 11.8 Å². The highest BCUT2D eigenvalue weighted by molar-refractivity contribution is 5.96. The lowest BCUT2D eigenvalue weighted by molar-refractivity contribution is -0.129. The third kappa shape index (κ3) is 9.51. The minimum atomic E-state index is -0.151. The fourth-order valence-electron chi connectivity index (χ4n) is 2.39. The van der Waals surface area contributed by atoms with Gasteiger partial charge in [-0.2, -0.15) is 0 Å². The summed E-state index contributed by atoms with van der Waals surface area (Å²) in [7, 11) is 0. The van der Waals surface area contributed by atoms with Gasteiger partial charge in [-0.25, -0.2) is 0 Å². The molecule has 1 fully saturated rings. The molecule has 0 saturated carbocycles. The molecule has 0 radical (unpaired) electrons. The summed E-state index contributed by atoms with van der Waals surface area (Å²) in [5.74, 6) is -0.302. The SMILES string of the molecule is O=C1CC(=O)NCCCCCCCCCCCCN1. The van der Waals surface area contributed by atoms with Crippen LogP contribution in [0.3, 0.4) is 0 Å². The monoisotopic (exact) mass is 268 g/mol. The topological polar surface area (TPSA) is 58.2 Å². The molecule has 19 heavy (non-hydrogen) atoms. The smallest absolute Gasteiger partial charge is 0.229 e. The number of nitrogens with one attached hydrogen (secondary N) is 2. The molecule has 1 heterocycles. The number of rotatable bonds is 0. The second-order valence-electron chi connectivity index (χ2n) is 5.41. The van der Waals surface area contributed by atoms with Crippen molar-refractivity contribution in [1.82, 2.24) is 10.6 Å². The molecule has 1 rings (SSSR count). The van der Waals surface area contributed by atoms with Crippen molar-refractivity contribution in [3.05, 3.63) is 0 Å². The first-order valence-corrected chi connectivity index (χ1v) is 7.82. The van der Waals surface area contributed by atoms with Crippen LogP contribution in [0.2, 0.25) is 0 Å². The summed E-state index contributed by atoms with van der Waals surface area (Å²) in [4.78, 5) is 22.9. The summed E-state index contributed by atoms with van der Waals surface area (Å²) in [6.07, 6.45) is 12.2. The highest BCUT2D eigenvalue weighted by atomic mass is 16.2. The van der Waals surface area contributed by atoms with E-state index in [-0.39, 0.29) is 18.2 Å². The van der Waals surface area contributed by atoms with Crippen molar-refractivity contribution in [2.24, 2.45) is 0 Å². The van der Waals surface area contributed by atoms with Crippen LogP contribution in [0.1, 0.15) is 70.6 Å². The minimum absolute atomic E-state index is 0.0278. The van der Waals surface area contributed by atoms with Gasteiger partial charge >= 0.3 is 0 Å². The standard InChI is InChI=1S/C15H28N2O2/c18-14-13-15(19)17-12-10-8-6-4-2-1-3-5-7-9-11-16-14/h1-13H2,(H,16,18)(H,17,19). The van der Waals surface area contributed by atoms with E-state index in [4.69, 9.17) is 0 Å². The van der Waals surface area contributed by atoms with E-state index in [1.165, 1.54) is 51.4 Å². The van der Waals surface area contributed by atoms with Gasteiger partial charge in [0.15, 0.2) is 0 Å². The average Bonchev–Trinajstić information content (AvgIpc) is 2.38. The molecular weight excluding hydrogens is 240 g/mol. The first-order chi connectivity index (χ1) is 9.29. The van der Waals surface area contributed by atoms with Crippen molar-refractivity contribution in [3.8, 4) is 0 Å². The Kier molecular flexibility index (Phi) is 9.11. The van der Waals surface area contributed by atoms with Crippen LogP contribution >= 0.6 is 0 Å². The Labute approximate surface area is 116 Å². The molecule has 0 aromatic carbocycles. The zero-order valence-electron chi connectivity index (χ0n) is 12.0. The van der Waals surface area contributed by atoms with E-state index in [2.05, 4.69) is 10.6 Å². The van der Waals surface area contributed by atoms with Gasteiger partial charge in [0.1, 0.15) is 6.42 Å². The average molecular weight is 268 g/mol. The van der Waals surface area contributed by atoms with Crippen LogP contribution < -0.4 is 10.6 Å². The maximum absolute atomic E-state index is 11.5. The van der Waals surface area contributed by atoms with Crippen LogP contribution in [0.25, 0.3) is 0 Å². The van der Waals surface area contributed by atoms with E-state index in [0.29, 0.717) is 13.1 Å². The third-order valence-electron chi connectivity index (χ3n) is 3.57. The Morgan fingerprint density at radius 2 is 0.842 bits per heavy atom. The fraction of sp³-hybridized carbons (Fsp3) is 0.867. The zero-order valence-corrected chi connectivity index (χ0v) is 12.0. The van der Waals surface area contributed by atoms with E-state index in [1.807, 2.05) is 0 Å². The Balaban J connectivity index is 2.23. The maximum atomic E-state index is 11.5. The Hall–Kier alpha value is -1.06. The summed E-state index contributed by atoms with van der Waals surface area (Å²) in [6.45, 7) is 1.40. The minimum Gasteiger partial charge on any atom is -0.356 e. The molecule has 0 aromatic heterocycles. The van der Waals surface area contributed by atoms with Crippen LogP contribution in [-0.4, -0.2) is 24.9 Å². The molecule has 0 aromatic rings. The van der Waals surface area contributed by atoms with Crippen molar-refractivity contribution in [3.63, 3.8) is 0 Å². The molecule has 0 unspecified atom stereocenters. The van der Waals surface area contributed by atoms with E-state index in [1.54, 1.807) is 0 Å². The second kappa shape index (κ2) is 10.8. The van der Waals surface area contributed by atoms with Crippen molar-refractivity contribution >= 4 is 11.8 Å². The molecule has 1 saturated heterocycles. The third-order valence-corrected chi connectivity index (χ3v) is 3.57. The number of carbonyl (C=O) groups excluding carboxylic acids is 2. The first kappa shape index (κ1) is 16.0. The maximum Gasteiger partial charge on any atom is 0.229 e. The molecule has 1 aliphatic heterocycles. The van der Waals surface area contributed by atoms with E-state index >= 15 is 0 Å². The lowest BCUT2D eigenvalue weighted by Crippen LogP contribution is -2.32. The van der Waals surface area contributed by atoms with Crippen molar-refractivity contribution < 1.29 is 9.59 Å². The van der Waals surface area contributed by atoms with Gasteiger partial charge in [0, 0.05) is 13.1 Å². The van der Waals surface area contributed by atoms with Crippen LogP contribution in [0, 0.1) is 0 Å². The van der Waals surface area contributed by atoms with Gasteiger partial charge in [-0.05, 0) is 12.8 Å². The zero-order chi connectivity index (χ0) is 13.8.